The first-order valence-corrected chi connectivity index (χ1v) is 2.80. The molecule has 1 fully saturated rings. The van der Waals surface area contributed by atoms with E-state index < -0.39 is 0 Å². The van der Waals surface area contributed by atoms with Gasteiger partial charge < -0.3 is 9.05 Å². The Morgan fingerprint density at radius 2 is 1.71 bits per heavy atom. The molecule has 0 aliphatic carbocycles. The van der Waals surface area contributed by atoms with Gasteiger partial charge in [0.1, 0.15) is 0 Å². The first-order chi connectivity index (χ1) is 3.00. The highest BCUT2D eigenvalue weighted by Crippen LogP contribution is 2.18. The lowest BCUT2D eigenvalue weighted by Crippen LogP contribution is -1.98. The third-order valence-corrected chi connectivity index (χ3v) is 1.25. The average Bonchev–Trinajstić information content (AvgIpc) is 1.72. The highest BCUT2D eigenvalue weighted by Gasteiger charge is 1.95. The third-order valence-electron chi connectivity index (χ3n) is 0.611. The van der Waals surface area contributed by atoms with Gasteiger partial charge in [0.05, 0.1) is 13.2 Å². The zero-order valence-electron chi connectivity index (χ0n) is 3.44. The Kier molecular flexibility index (Phi) is 4.73. The van der Waals surface area contributed by atoms with Crippen molar-refractivity contribution in [3.05, 3.63) is 0 Å². The maximum absolute atomic E-state index is 4.88. The number of hydrogen-bond donors (Lipinski definition) is 0. The quantitative estimate of drug-likeness (QED) is 0.454. The molecule has 0 aromatic heterocycles. The smallest absolute Gasteiger partial charge is 0.155 e. The summed E-state index contributed by atoms with van der Waals surface area (Å²) in [6.45, 7) is 1.77. The van der Waals surface area contributed by atoms with Gasteiger partial charge in [-0.1, -0.05) is 7.43 Å². The zero-order valence-corrected chi connectivity index (χ0v) is 4.44. The van der Waals surface area contributed by atoms with Crippen molar-refractivity contribution in [1.82, 2.24) is 0 Å². The fourth-order valence-electron chi connectivity index (χ4n) is 0.328. The maximum Gasteiger partial charge on any atom is 0.155 e. The summed E-state index contributed by atoms with van der Waals surface area (Å²) < 4.78 is 9.75. The molecule has 1 aliphatic heterocycles. The van der Waals surface area contributed by atoms with Crippen molar-refractivity contribution in [2.75, 3.05) is 13.2 Å². The lowest BCUT2D eigenvalue weighted by Gasteiger charge is -2.08. The predicted molar refractivity (Wildman–Crippen MR) is 31.6 cm³/mol. The Morgan fingerprint density at radius 3 is 1.86 bits per heavy atom. The summed E-state index contributed by atoms with van der Waals surface area (Å²) in [4.78, 5) is 0. The standard InChI is InChI=1S/C3H7O2P.CH4/c1-2-4-6-5-3-1;/h6H,1-3H2;1H4. The Bertz CT molecular complexity index is 25.2. The fraction of sp³-hybridized carbons (Fsp3) is 1.00. The minimum absolute atomic E-state index is 0. The molecule has 3 heteroatoms. The number of hydrogen-bond acceptors (Lipinski definition) is 2. The van der Waals surface area contributed by atoms with Gasteiger partial charge in [-0.25, -0.2) is 0 Å². The van der Waals surface area contributed by atoms with E-state index in [1.54, 1.807) is 0 Å². The highest BCUT2D eigenvalue weighted by atomic mass is 31.1. The van der Waals surface area contributed by atoms with Crippen LogP contribution >= 0.6 is 9.03 Å². The largest absolute Gasteiger partial charge is 0.336 e. The van der Waals surface area contributed by atoms with Crippen LogP contribution in [-0.4, -0.2) is 13.2 Å². The molecule has 0 spiro atoms. The van der Waals surface area contributed by atoms with E-state index in [0.717, 1.165) is 19.6 Å². The van der Waals surface area contributed by atoms with Crippen molar-refractivity contribution < 1.29 is 9.05 Å². The SMILES string of the molecule is C.C1COPOC1. The molecule has 0 radical (unpaired) electrons. The molecule has 0 N–H and O–H groups in total. The lowest BCUT2D eigenvalue weighted by atomic mass is 10.5. The molecule has 0 unspecified atom stereocenters. The van der Waals surface area contributed by atoms with Gasteiger partial charge in [0.2, 0.25) is 0 Å². The topological polar surface area (TPSA) is 18.5 Å². The Labute approximate surface area is 46.1 Å². The molecule has 1 heterocycles. The van der Waals surface area contributed by atoms with Gasteiger partial charge in [-0.3, -0.25) is 0 Å². The molecular formula is C4H11O2P. The minimum Gasteiger partial charge on any atom is -0.336 e. The fourth-order valence-corrected chi connectivity index (χ4v) is 0.867. The van der Waals surface area contributed by atoms with Crippen LogP contribution < -0.4 is 0 Å². The first-order valence-electron chi connectivity index (χ1n) is 1.99. The molecule has 7 heavy (non-hydrogen) atoms. The predicted octanol–water partition coefficient (Wildman–Crippen LogP) is 1.57. The summed E-state index contributed by atoms with van der Waals surface area (Å²) >= 11 is 0. The van der Waals surface area contributed by atoms with Gasteiger partial charge >= 0.3 is 0 Å². The van der Waals surface area contributed by atoms with E-state index in [9.17, 15) is 0 Å². The van der Waals surface area contributed by atoms with Crippen LogP contribution in [0.5, 0.6) is 0 Å². The van der Waals surface area contributed by atoms with Crippen molar-refractivity contribution in [2.24, 2.45) is 0 Å². The van der Waals surface area contributed by atoms with E-state index in [1.165, 1.54) is 0 Å². The molecule has 0 aromatic carbocycles. The van der Waals surface area contributed by atoms with Gasteiger partial charge in [0.15, 0.2) is 9.03 Å². The number of rotatable bonds is 0. The van der Waals surface area contributed by atoms with Gasteiger partial charge in [-0.05, 0) is 6.42 Å². The minimum atomic E-state index is 0. The second-order valence-electron chi connectivity index (χ2n) is 1.13. The summed E-state index contributed by atoms with van der Waals surface area (Å²) in [5.74, 6) is 0. The summed E-state index contributed by atoms with van der Waals surface area (Å²) in [5.41, 5.74) is 0. The van der Waals surface area contributed by atoms with E-state index in [0.29, 0.717) is 9.03 Å². The summed E-state index contributed by atoms with van der Waals surface area (Å²) in [5, 5.41) is 0. The Hall–Kier alpha value is 0.350. The van der Waals surface area contributed by atoms with Crippen LogP contribution in [0.25, 0.3) is 0 Å². The molecule has 0 saturated carbocycles. The monoisotopic (exact) mass is 122 g/mol. The van der Waals surface area contributed by atoms with Crippen molar-refractivity contribution in [2.45, 2.75) is 13.8 Å². The van der Waals surface area contributed by atoms with E-state index >= 15 is 0 Å². The van der Waals surface area contributed by atoms with Gasteiger partial charge in [-0.2, -0.15) is 0 Å². The third kappa shape index (κ3) is 2.98. The maximum atomic E-state index is 4.88. The van der Waals surface area contributed by atoms with Gasteiger partial charge in [0.25, 0.3) is 0 Å². The van der Waals surface area contributed by atoms with Crippen molar-refractivity contribution in [3.8, 4) is 0 Å². The van der Waals surface area contributed by atoms with E-state index in [4.69, 9.17) is 9.05 Å². The molecule has 1 aliphatic rings. The van der Waals surface area contributed by atoms with Crippen LogP contribution in [0.15, 0.2) is 0 Å². The van der Waals surface area contributed by atoms with Gasteiger partial charge in [-0.15, -0.1) is 0 Å². The van der Waals surface area contributed by atoms with Crippen LogP contribution in [0.2, 0.25) is 0 Å². The van der Waals surface area contributed by atoms with Crippen molar-refractivity contribution in [1.29, 1.82) is 0 Å². The molecule has 1 saturated heterocycles. The van der Waals surface area contributed by atoms with E-state index in [1.807, 2.05) is 0 Å². The molecular weight excluding hydrogens is 111 g/mol. The van der Waals surface area contributed by atoms with E-state index in [2.05, 4.69) is 0 Å². The molecule has 0 bridgehead atoms. The second kappa shape index (κ2) is 4.51. The summed E-state index contributed by atoms with van der Waals surface area (Å²) in [7, 11) is 0.302. The van der Waals surface area contributed by atoms with Gasteiger partial charge in [0, 0.05) is 0 Å². The molecule has 0 atom stereocenters. The van der Waals surface area contributed by atoms with Crippen molar-refractivity contribution in [3.63, 3.8) is 0 Å². The van der Waals surface area contributed by atoms with Crippen LogP contribution in [0, 0.1) is 0 Å². The molecule has 44 valence electrons. The molecule has 1 rings (SSSR count). The Morgan fingerprint density at radius 1 is 1.14 bits per heavy atom. The highest BCUT2D eigenvalue weighted by molar-refractivity contribution is 7.26. The molecule has 0 aromatic rings. The summed E-state index contributed by atoms with van der Waals surface area (Å²) in [6.07, 6.45) is 1.06. The van der Waals surface area contributed by atoms with Crippen LogP contribution in [0.4, 0.5) is 0 Å². The molecule has 0 amide bonds. The second-order valence-corrected chi connectivity index (χ2v) is 1.88. The first kappa shape index (κ1) is 7.35. The zero-order chi connectivity index (χ0) is 4.24. The molecule has 2 nitrogen and oxygen atoms in total. The summed E-state index contributed by atoms with van der Waals surface area (Å²) in [6, 6.07) is 0. The van der Waals surface area contributed by atoms with Crippen molar-refractivity contribution >= 4 is 9.03 Å². The van der Waals surface area contributed by atoms with Crippen LogP contribution in [-0.2, 0) is 9.05 Å². The average molecular weight is 122 g/mol. The normalized spacial score (nSPS) is 20.6. The lowest BCUT2D eigenvalue weighted by molar-refractivity contribution is 0.197. The van der Waals surface area contributed by atoms with Crippen LogP contribution in [0.3, 0.4) is 0 Å². The van der Waals surface area contributed by atoms with E-state index in [-0.39, 0.29) is 7.43 Å². The van der Waals surface area contributed by atoms with Crippen LogP contribution in [0.1, 0.15) is 13.8 Å². The Balaban J connectivity index is 0.000000360.